The number of aromatic nitrogens is 2. The van der Waals surface area contributed by atoms with Crippen LogP contribution in [-0.2, 0) is 0 Å². The normalized spacial score (nSPS) is 17.1. The van der Waals surface area contributed by atoms with E-state index in [9.17, 15) is 4.79 Å². The van der Waals surface area contributed by atoms with E-state index < -0.39 is 0 Å². The van der Waals surface area contributed by atoms with Gasteiger partial charge in [-0.1, -0.05) is 6.92 Å². The summed E-state index contributed by atoms with van der Waals surface area (Å²) in [5.41, 5.74) is 3.56. The number of rotatable bonds is 2. The second kappa shape index (κ2) is 5.33. The summed E-state index contributed by atoms with van der Waals surface area (Å²) in [6.07, 6.45) is 1.67. The lowest BCUT2D eigenvalue weighted by atomic mass is 9.91. The van der Waals surface area contributed by atoms with Gasteiger partial charge in [-0.3, -0.25) is 4.79 Å². The van der Waals surface area contributed by atoms with Gasteiger partial charge in [-0.15, -0.1) is 0 Å². The molecule has 3 rings (SSSR count). The molecule has 5 nitrogen and oxygen atoms in total. The summed E-state index contributed by atoms with van der Waals surface area (Å²) in [5.74, 6) is 0.938. The largest absolute Gasteiger partial charge is 0.351 e. The first kappa shape index (κ1) is 13.8. The first-order chi connectivity index (χ1) is 10.0. The molecule has 1 aliphatic rings. The van der Waals surface area contributed by atoms with Crippen LogP contribution in [0.1, 0.15) is 34.3 Å². The fourth-order valence-corrected chi connectivity index (χ4v) is 2.52. The maximum atomic E-state index is 11.8. The second-order valence-electron chi connectivity index (χ2n) is 5.21. The Bertz CT molecular complexity index is 717. The van der Waals surface area contributed by atoms with Gasteiger partial charge >= 0.3 is 0 Å². The fraction of sp³-hybridized carbons (Fsp3) is 0.267. The highest BCUT2D eigenvalue weighted by molar-refractivity contribution is 6.28. The van der Waals surface area contributed by atoms with Gasteiger partial charge in [-0.05, 0) is 48.2 Å². The molecule has 108 valence electrons. The highest BCUT2D eigenvalue weighted by atomic mass is 35.5. The van der Waals surface area contributed by atoms with Crippen LogP contribution in [0.5, 0.6) is 0 Å². The van der Waals surface area contributed by atoms with E-state index in [1.807, 2.05) is 25.1 Å². The van der Waals surface area contributed by atoms with E-state index in [2.05, 4.69) is 27.5 Å². The first-order valence-electron chi connectivity index (χ1n) is 6.73. The number of nitrogens with zero attached hydrogens (tertiary/aromatic N) is 2. The third-order valence-electron chi connectivity index (χ3n) is 3.60. The van der Waals surface area contributed by atoms with Crippen molar-refractivity contribution in [3.8, 4) is 0 Å². The van der Waals surface area contributed by atoms with E-state index in [1.54, 1.807) is 6.20 Å². The van der Waals surface area contributed by atoms with Crippen molar-refractivity contribution in [1.29, 1.82) is 0 Å². The molecule has 0 bridgehead atoms. The number of benzene rings is 1. The van der Waals surface area contributed by atoms with Crippen molar-refractivity contribution in [1.82, 2.24) is 15.3 Å². The number of amides is 1. The lowest BCUT2D eigenvalue weighted by Gasteiger charge is -2.23. The predicted octanol–water partition coefficient (Wildman–Crippen LogP) is 3.03. The standard InChI is InChI=1S/C15H15ClN4O/c1-8-6-17-14(21)11-4-3-10(5-12(8)11)19-13-9(2)7-18-15(16)20-13/h3-5,7-8H,6H2,1-2H3,(H,17,21)(H,18,19,20). The molecule has 2 N–H and O–H groups in total. The molecule has 1 amide bonds. The van der Waals surface area contributed by atoms with Crippen molar-refractivity contribution in [2.45, 2.75) is 19.8 Å². The monoisotopic (exact) mass is 302 g/mol. The predicted molar refractivity (Wildman–Crippen MR) is 82.3 cm³/mol. The molecule has 1 aliphatic heterocycles. The van der Waals surface area contributed by atoms with Gasteiger partial charge in [0.15, 0.2) is 0 Å². The number of carbonyl (C=O) groups is 1. The smallest absolute Gasteiger partial charge is 0.251 e. The number of nitrogens with one attached hydrogen (secondary N) is 2. The maximum absolute atomic E-state index is 11.8. The van der Waals surface area contributed by atoms with Gasteiger partial charge in [0.1, 0.15) is 5.82 Å². The van der Waals surface area contributed by atoms with E-state index in [-0.39, 0.29) is 17.1 Å². The molecule has 0 radical (unpaired) electrons. The van der Waals surface area contributed by atoms with E-state index in [0.717, 1.165) is 22.4 Å². The number of anilines is 2. The summed E-state index contributed by atoms with van der Waals surface area (Å²) in [6.45, 7) is 4.66. The van der Waals surface area contributed by atoms with E-state index >= 15 is 0 Å². The molecule has 0 saturated carbocycles. The van der Waals surface area contributed by atoms with E-state index in [1.165, 1.54) is 0 Å². The zero-order valence-corrected chi connectivity index (χ0v) is 12.5. The number of halogens is 1. The average molecular weight is 303 g/mol. The molecule has 1 unspecified atom stereocenters. The molecule has 1 aromatic heterocycles. The third kappa shape index (κ3) is 2.69. The van der Waals surface area contributed by atoms with Crippen LogP contribution >= 0.6 is 11.6 Å². The van der Waals surface area contributed by atoms with Crippen molar-refractivity contribution in [3.05, 3.63) is 46.4 Å². The topological polar surface area (TPSA) is 66.9 Å². The summed E-state index contributed by atoms with van der Waals surface area (Å²) in [5, 5.41) is 6.31. The summed E-state index contributed by atoms with van der Waals surface area (Å²) >= 11 is 5.83. The van der Waals surface area contributed by atoms with Crippen molar-refractivity contribution in [2.24, 2.45) is 0 Å². The molecule has 1 atom stereocenters. The van der Waals surface area contributed by atoms with Crippen molar-refractivity contribution in [3.63, 3.8) is 0 Å². The molecular formula is C15H15ClN4O. The Hall–Kier alpha value is -2.14. The van der Waals surface area contributed by atoms with Gasteiger partial charge in [-0.25, -0.2) is 9.97 Å². The minimum atomic E-state index is -0.0177. The number of fused-ring (bicyclic) bond motifs is 1. The SMILES string of the molecule is Cc1cnc(Cl)nc1Nc1ccc2c(c1)C(C)CNC2=O. The minimum Gasteiger partial charge on any atom is -0.351 e. The van der Waals surface area contributed by atoms with Crippen LogP contribution in [0.25, 0.3) is 0 Å². The highest BCUT2D eigenvalue weighted by Gasteiger charge is 2.22. The Morgan fingerprint density at radius 2 is 2.24 bits per heavy atom. The summed E-state index contributed by atoms with van der Waals surface area (Å²) in [7, 11) is 0. The van der Waals surface area contributed by atoms with Gasteiger partial charge < -0.3 is 10.6 Å². The molecule has 0 aliphatic carbocycles. The van der Waals surface area contributed by atoms with Gasteiger partial charge in [0, 0.05) is 29.6 Å². The first-order valence-corrected chi connectivity index (χ1v) is 7.10. The van der Waals surface area contributed by atoms with Gasteiger partial charge in [0.25, 0.3) is 5.91 Å². The molecule has 0 spiro atoms. The average Bonchev–Trinajstić information content (AvgIpc) is 2.47. The summed E-state index contributed by atoms with van der Waals surface area (Å²) < 4.78 is 0. The minimum absolute atomic E-state index is 0.0177. The highest BCUT2D eigenvalue weighted by Crippen LogP contribution is 2.28. The van der Waals surface area contributed by atoms with Crippen LogP contribution in [0.4, 0.5) is 11.5 Å². The van der Waals surface area contributed by atoms with Crippen LogP contribution < -0.4 is 10.6 Å². The zero-order chi connectivity index (χ0) is 15.0. The molecular weight excluding hydrogens is 288 g/mol. The molecule has 21 heavy (non-hydrogen) atoms. The Kier molecular flexibility index (Phi) is 3.51. The fourth-order valence-electron chi connectivity index (χ4n) is 2.39. The molecule has 1 aromatic carbocycles. The van der Waals surface area contributed by atoms with Crippen LogP contribution in [0, 0.1) is 6.92 Å². The Morgan fingerprint density at radius 1 is 1.43 bits per heavy atom. The molecule has 2 aromatic rings. The maximum Gasteiger partial charge on any atom is 0.251 e. The Labute approximate surface area is 127 Å². The lowest BCUT2D eigenvalue weighted by molar-refractivity contribution is 0.0941. The van der Waals surface area contributed by atoms with Crippen LogP contribution in [0.3, 0.4) is 0 Å². The number of carbonyl (C=O) groups excluding carboxylic acids is 1. The van der Waals surface area contributed by atoms with E-state index in [4.69, 9.17) is 11.6 Å². The van der Waals surface area contributed by atoms with Crippen LogP contribution in [0.15, 0.2) is 24.4 Å². The van der Waals surface area contributed by atoms with Gasteiger partial charge in [0.2, 0.25) is 5.28 Å². The van der Waals surface area contributed by atoms with Crippen LogP contribution in [-0.4, -0.2) is 22.4 Å². The third-order valence-corrected chi connectivity index (χ3v) is 3.78. The van der Waals surface area contributed by atoms with E-state index in [0.29, 0.717) is 12.4 Å². The summed E-state index contributed by atoms with van der Waals surface area (Å²) in [4.78, 5) is 19.9. The van der Waals surface area contributed by atoms with Gasteiger partial charge in [0.05, 0.1) is 0 Å². The number of hydrogen-bond donors (Lipinski definition) is 2. The van der Waals surface area contributed by atoms with Crippen LogP contribution in [0.2, 0.25) is 5.28 Å². The second-order valence-corrected chi connectivity index (χ2v) is 5.55. The summed E-state index contributed by atoms with van der Waals surface area (Å²) in [6, 6.07) is 5.70. The molecule has 0 fully saturated rings. The van der Waals surface area contributed by atoms with Crippen molar-refractivity contribution < 1.29 is 4.79 Å². The molecule has 2 heterocycles. The molecule has 0 saturated heterocycles. The number of aryl methyl sites for hydroxylation is 1. The van der Waals surface area contributed by atoms with Gasteiger partial charge in [-0.2, -0.15) is 0 Å². The van der Waals surface area contributed by atoms with Crippen molar-refractivity contribution >= 4 is 29.0 Å². The zero-order valence-electron chi connectivity index (χ0n) is 11.8. The van der Waals surface area contributed by atoms with Crippen molar-refractivity contribution in [2.75, 3.05) is 11.9 Å². The quantitative estimate of drug-likeness (QED) is 0.837. The molecule has 6 heteroatoms. The Morgan fingerprint density at radius 3 is 3.05 bits per heavy atom. The number of hydrogen-bond acceptors (Lipinski definition) is 4. The lowest BCUT2D eigenvalue weighted by Crippen LogP contribution is -2.33. The Balaban J connectivity index is 1.95.